The second-order valence-electron chi connectivity index (χ2n) is 7.46. The van der Waals surface area contributed by atoms with Crippen molar-refractivity contribution < 1.29 is 18.3 Å². The highest BCUT2D eigenvalue weighted by molar-refractivity contribution is 7.88. The van der Waals surface area contributed by atoms with Gasteiger partial charge in [-0.3, -0.25) is 9.69 Å². The van der Waals surface area contributed by atoms with E-state index >= 15 is 0 Å². The van der Waals surface area contributed by atoms with Crippen LogP contribution in [0.25, 0.3) is 0 Å². The number of nitrogens with zero attached hydrogens (tertiary/aromatic N) is 2. The van der Waals surface area contributed by atoms with E-state index in [-0.39, 0.29) is 12.5 Å². The van der Waals surface area contributed by atoms with Crippen LogP contribution in [-0.4, -0.2) is 72.7 Å². The zero-order valence-electron chi connectivity index (χ0n) is 15.3. The fourth-order valence-corrected chi connectivity index (χ4v) is 5.59. The van der Waals surface area contributed by atoms with Gasteiger partial charge in [-0.1, -0.05) is 17.7 Å². The highest BCUT2D eigenvalue weighted by Crippen LogP contribution is 2.40. The third-order valence-corrected chi connectivity index (χ3v) is 6.83. The molecule has 0 aromatic heterocycles. The van der Waals surface area contributed by atoms with Gasteiger partial charge in [0.05, 0.1) is 24.4 Å². The molecular formula is C18H27N3O4S. The summed E-state index contributed by atoms with van der Waals surface area (Å²) in [6.07, 6.45) is 2.39. The number of carbonyl (C=O) groups is 1. The second-order valence-corrected chi connectivity index (χ2v) is 9.36. The van der Waals surface area contributed by atoms with Crippen LogP contribution in [0.4, 0.5) is 5.69 Å². The monoisotopic (exact) mass is 381 g/mol. The van der Waals surface area contributed by atoms with Gasteiger partial charge in [0.15, 0.2) is 0 Å². The molecule has 2 aliphatic heterocycles. The Bertz CT molecular complexity index is 765. The molecule has 0 aliphatic carbocycles. The van der Waals surface area contributed by atoms with Crippen LogP contribution in [0.3, 0.4) is 0 Å². The Morgan fingerprint density at radius 2 is 1.96 bits per heavy atom. The van der Waals surface area contributed by atoms with Crippen LogP contribution in [0.1, 0.15) is 24.8 Å². The maximum Gasteiger partial charge on any atom is 0.238 e. The molecule has 2 atom stereocenters. The first-order valence-electron chi connectivity index (χ1n) is 8.95. The van der Waals surface area contributed by atoms with Crippen LogP contribution in [-0.2, 0) is 14.8 Å². The molecule has 144 valence electrons. The third kappa shape index (κ3) is 3.93. The second kappa shape index (κ2) is 7.26. The Labute approximate surface area is 155 Å². The number of hydrogen-bond acceptors (Lipinski definition) is 5. The van der Waals surface area contributed by atoms with Crippen molar-refractivity contribution in [2.24, 2.45) is 0 Å². The molecule has 0 radical (unpaired) electrons. The SMILES string of the molecule is Cc1ccc(NC(=O)CN2CC[C@@]3(CCCN3S(C)(=O)=O)[C@@H](O)C2)cc1. The number of amides is 1. The van der Waals surface area contributed by atoms with E-state index in [9.17, 15) is 18.3 Å². The molecule has 1 aromatic rings. The van der Waals surface area contributed by atoms with Crippen molar-refractivity contribution in [3.63, 3.8) is 0 Å². The van der Waals surface area contributed by atoms with Crippen molar-refractivity contribution in [3.05, 3.63) is 29.8 Å². The van der Waals surface area contributed by atoms with Crippen molar-refractivity contribution in [3.8, 4) is 0 Å². The van der Waals surface area contributed by atoms with E-state index in [1.807, 2.05) is 36.1 Å². The van der Waals surface area contributed by atoms with Crippen LogP contribution in [0.2, 0.25) is 0 Å². The molecule has 0 unspecified atom stereocenters. The molecular weight excluding hydrogens is 354 g/mol. The number of aliphatic hydroxyl groups is 1. The Kier molecular flexibility index (Phi) is 5.39. The Hall–Kier alpha value is -1.48. The Morgan fingerprint density at radius 1 is 1.27 bits per heavy atom. The summed E-state index contributed by atoms with van der Waals surface area (Å²) < 4.78 is 25.6. The predicted octanol–water partition coefficient (Wildman–Crippen LogP) is 0.794. The number of hydrogen-bond donors (Lipinski definition) is 2. The number of nitrogens with one attached hydrogen (secondary N) is 1. The van der Waals surface area contributed by atoms with E-state index in [2.05, 4.69) is 5.32 Å². The third-order valence-electron chi connectivity index (χ3n) is 5.48. The van der Waals surface area contributed by atoms with Crippen molar-refractivity contribution in [1.29, 1.82) is 0 Å². The first-order chi connectivity index (χ1) is 12.2. The zero-order valence-corrected chi connectivity index (χ0v) is 16.1. The Balaban J connectivity index is 1.60. The summed E-state index contributed by atoms with van der Waals surface area (Å²) in [5, 5.41) is 13.6. The number of β-amino-alcohol motifs (C(OH)–C–C–N with tert-alkyl or cyclic N) is 1. The quantitative estimate of drug-likeness (QED) is 0.805. The van der Waals surface area contributed by atoms with Gasteiger partial charge in [-0.15, -0.1) is 0 Å². The van der Waals surface area contributed by atoms with E-state index in [1.165, 1.54) is 10.6 Å². The van der Waals surface area contributed by atoms with E-state index in [0.717, 1.165) is 17.7 Å². The number of piperidine rings is 1. The van der Waals surface area contributed by atoms with Crippen LogP contribution in [0.5, 0.6) is 0 Å². The number of likely N-dealkylation sites (tertiary alicyclic amines) is 1. The lowest BCUT2D eigenvalue weighted by atomic mass is 9.83. The van der Waals surface area contributed by atoms with Crippen LogP contribution < -0.4 is 5.32 Å². The van der Waals surface area contributed by atoms with Gasteiger partial charge in [0.25, 0.3) is 0 Å². The van der Waals surface area contributed by atoms with Crippen LogP contribution in [0.15, 0.2) is 24.3 Å². The molecule has 7 nitrogen and oxygen atoms in total. The zero-order chi connectivity index (χ0) is 18.9. The predicted molar refractivity (Wildman–Crippen MR) is 100 cm³/mol. The molecule has 1 amide bonds. The Morgan fingerprint density at radius 3 is 2.58 bits per heavy atom. The molecule has 0 saturated carbocycles. The standard InChI is InChI=1S/C18H27N3O4S/c1-14-4-6-15(7-5-14)19-17(23)13-20-11-9-18(16(22)12-20)8-3-10-21(18)26(2,24)25/h4-7,16,22H,3,8-13H2,1-2H3,(H,19,23)/t16-,18-/m0/s1. The topological polar surface area (TPSA) is 90.0 Å². The molecule has 2 fully saturated rings. The lowest BCUT2D eigenvalue weighted by Crippen LogP contribution is -2.63. The maximum absolute atomic E-state index is 12.3. The van der Waals surface area contributed by atoms with Crippen molar-refractivity contribution in [2.75, 3.05) is 37.8 Å². The number of anilines is 1. The van der Waals surface area contributed by atoms with Crippen molar-refractivity contribution in [2.45, 2.75) is 37.8 Å². The van der Waals surface area contributed by atoms with Crippen molar-refractivity contribution in [1.82, 2.24) is 9.21 Å². The molecule has 0 bridgehead atoms. The summed E-state index contributed by atoms with van der Waals surface area (Å²) in [6.45, 7) is 3.51. The highest BCUT2D eigenvalue weighted by Gasteiger charge is 2.52. The lowest BCUT2D eigenvalue weighted by Gasteiger charge is -2.47. The molecule has 2 heterocycles. The maximum atomic E-state index is 12.3. The minimum Gasteiger partial charge on any atom is -0.390 e. The lowest BCUT2D eigenvalue weighted by molar-refractivity contribution is -0.119. The summed E-state index contributed by atoms with van der Waals surface area (Å²) in [7, 11) is -3.35. The van der Waals surface area contributed by atoms with Gasteiger partial charge in [0.1, 0.15) is 0 Å². The fourth-order valence-electron chi connectivity index (χ4n) is 4.16. The van der Waals surface area contributed by atoms with E-state index < -0.39 is 21.7 Å². The van der Waals surface area contributed by atoms with Crippen LogP contribution in [0, 0.1) is 6.92 Å². The summed E-state index contributed by atoms with van der Waals surface area (Å²) >= 11 is 0. The molecule has 26 heavy (non-hydrogen) atoms. The minimum atomic E-state index is -3.35. The largest absolute Gasteiger partial charge is 0.390 e. The smallest absolute Gasteiger partial charge is 0.238 e. The first-order valence-corrected chi connectivity index (χ1v) is 10.8. The number of benzene rings is 1. The van der Waals surface area contributed by atoms with Gasteiger partial charge in [0, 0.05) is 25.3 Å². The molecule has 3 rings (SSSR count). The number of sulfonamides is 1. The number of rotatable bonds is 4. The van der Waals surface area contributed by atoms with Gasteiger partial charge >= 0.3 is 0 Å². The summed E-state index contributed by atoms with van der Waals surface area (Å²) in [6, 6.07) is 7.58. The molecule has 8 heteroatoms. The van der Waals surface area contributed by atoms with Gasteiger partial charge in [-0.05, 0) is 38.3 Å². The summed E-state index contributed by atoms with van der Waals surface area (Å²) in [5.41, 5.74) is 1.16. The van der Waals surface area contributed by atoms with Crippen LogP contribution >= 0.6 is 0 Å². The average Bonchev–Trinajstić information content (AvgIpc) is 2.99. The molecule has 2 aliphatic rings. The molecule has 1 aromatic carbocycles. The van der Waals surface area contributed by atoms with E-state index in [1.54, 1.807) is 0 Å². The van der Waals surface area contributed by atoms with Gasteiger partial charge < -0.3 is 10.4 Å². The first kappa shape index (κ1) is 19.3. The van der Waals surface area contributed by atoms with E-state index in [4.69, 9.17) is 0 Å². The molecule has 2 N–H and O–H groups in total. The summed E-state index contributed by atoms with van der Waals surface area (Å²) in [4.78, 5) is 14.2. The fraction of sp³-hybridized carbons (Fsp3) is 0.611. The van der Waals surface area contributed by atoms with E-state index in [0.29, 0.717) is 32.5 Å². The number of carbonyl (C=O) groups excluding carboxylic acids is 1. The van der Waals surface area contributed by atoms with Gasteiger partial charge in [-0.25, -0.2) is 8.42 Å². The van der Waals surface area contributed by atoms with Crippen molar-refractivity contribution >= 4 is 21.6 Å². The molecule has 1 spiro atoms. The normalized spacial score (nSPS) is 27.7. The summed E-state index contributed by atoms with van der Waals surface area (Å²) in [5.74, 6) is -0.136. The number of aryl methyl sites for hydroxylation is 1. The highest BCUT2D eigenvalue weighted by atomic mass is 32.2. The minimum absolute atomic E-state index is 0.136. The van der Waals surface area contributed by atoms with Gasteiger partial charge in [-0.2, -0.15) is 4.31 Å². The van der Waals surface area contributed by atoms with Gasteiger partial charge in [0.2, 0.25) is 15.9 Å². The average molecular weight is 381 g/mol. The number of aliphatic hydroxyl groups excluding tert-OH is 1. The molecule has 2 saturated heterocycles.